The number of carbonyl (C=O) groups excluding carboxylic acids is 3. The molecule has 0 spiro atoms. The molecule has 0 heterocycles. The zero-order valence-electron chi connectivity index (χ0n) is 55.7. The van der Waals surface area contributed by atoms with Gasteiger partial charge < -0.3 is 14.2 Å². The number of unbranched alkanes of at least 4 members (excludes halogenated alkanes) is 47. The largest absolute Gasteiger partial charge is 0.462 e. The van der Waals surface area contributed by atoms with Crippen LogP contribution in [0.1, 0.15) is 393 Å². The minimum Gasteiger partial charge on any atom is -0.462 e. The van der Waals surface area contributed by atoms with Crippen molar-refractivity contribution in [1.29, 1.82) is 0 Å². The van der Waals surface area contributed by atoms with Crippen LogP contribution >= 0.6 is 0 Å². The Morgan fingerprint density at radius 2 is 0.470 bits per heavy atom. The molecule has 0 radical (unpaired) electrons. The number of hydrogen-bond donors (Lipinski definition) is 0. The summed E-state index contributed by atoms with van der Waals surface area (Å²) in [6.07, 6.45) is 92.7. The first-order valence-electron chi connectivity index (χ1n) is 36.8. The van der Waals surface area contributed by atoms with Gasteiger partial charge in [-0.15, -0.1) is 0 Å². The molecular weight excluding hydrogens is 1020 g/mol. The van der Waals surface area contributed by atoms with Gasteiger partial charge in [-0.2, -0.15) is 0 Å². The molecule has 0 rings (SSSR count). The van der Waals surface area contributed by atoms with Crippen molar-refractivity contribution in [3.63, 3.8) is 0 Å². The quantitative estimate of drug-likeness (QED) is 0.0261. The van der Waals surface area contributed by atoms with Crippen molar-refractivity contribution < 1.29 is 28.6 Å². The van der Waals surface area contributed by atoms with Crippen LogP contribution in [0.25, 0.3) is 0 Å². The van der Waals surface area contributed by atoms with E-state index in [1.165, 1.54) is 263 Å². The molecule has 0 N–H and O–H groups in total. The third kappa shape index (κ3) is 69.8. The zero-order chi connectivity index (χ0) is 59.9. The van der Waals surface area contributed by atoms with Crippen LogP contribution in [0.3, 0.4) is 0 Å². The Morgan fingerprint density at radius 1 is 0.253 bits per heavy atom. The summed E-state index contributed by atoms with van der Waals surface area (Å²) in [4.78, 5) is 38.4. The average Bonchev–Trinajstić information content (AvgIpc) is 3.48. The summed E-state index contributed by atoms with van der Waals surface area (Å²) in [5.41, 5.74) is 0. The number of allylic oxidation sites excluding steroid dienone is 10. The molecule has 0 aromatic heterocycles. The summed E-state index contributed by atoms with van der Waals surface area (Å²) in [6, 6.07) is 0. The van der Waals surface area contributed by atoms with Gasteiger partial charge >= 0.3 is 17.9 Å². The van der Waals surface area contributed by atoms with Gasteiger partial charge in [0.1, 0.15) is 13.2 Å². The molecule has 6 heteroatoms. The minimum atomic E-state index is -0.773. The molecule has 0 amide bonds. The Bertz CT molecular complexity index is 1470. The van der Waals surface area contributed by atoms with E-state index < -0.39 is 6.10 Å². The van der Waals surface area contributed by atoms with Gasteiger partial charge in [-0.05, 0) is 64.2 Å². The van der Waals surface area contributed by atoms with Crippen LogP contribution in [0.2, 0.25) is 0 Å². The number of hydrogen-bond acceptors (Lipinski definition) is 6. The number of ether oxygens (including phenoxy) is 3. The third-order valence-corrected chi connectivity index (χ3v) is 16.5. The van der Waals surface area contributed by atoms with Gasteiger partial charge in [0.05, 0.1) is 0 Å². The number of rotatable bonds is 68. The van der Waals surface area contributed by atoms with Gasteiger partial charge in [0, 0.05) is 19.3 Å². The minimum absolute atomic E-state index is 0.0695. The molecule has 83 heavy (non-hydrogen) atoms. The summed E-state index contributed by atoms with van der Waals surface area (Å²) in [7, 11) is 0. The Balaban J connectivity index is 4.13. The van der Waals surface area contributed by atoms with Gasteiger partial charge in [-0.1, -0.05) is 370 Å². The molecule has 0 aromatic rings. The predicted octanol–water partition coefficient (Wildman–Crippen LogP) is 25.5. The van der Waals surface area contributed by atoms with Crippen molar-refractivity contribution in [2.45, 2.75) is 399 Å². The van der Waals surface area contributed by atoms with Crippen LogP contribution in [-0.4, -0.2) is 37.2 Å². The average molecular weight is 1160 g/mol. The van der Waals surface area contributed by atoms with Gasteiger partial charge in [0.25, 0.3) is 0 Å². The van der Waals surface area contributed by atoms with Crippen LogP contribution in [0, 0.1) is 0 Å². The third-order valence-electron chi connectivity index (χ3n) is 16.5. The van der Waals surface area contributed by atoms with Crippen molar-refractivity contribution in [1.82, 2.24) is 0 Å². The van der Waals surface area contributed by atoms with Crippen LogP contribution in [0.15, 0.2) is 60.8 Å². The standard InChI is InChI=1S/C77H140O6/c1-4-7-10-13-16-19-22-24-26-28-30-32-34-36-38-40-41-43-45-47-49-51-53-55-58-61-64-67-70-76(79)82-73-74(72-81-75(78)69-66-63-60-57-21-18-15-12-9-6-3)83-77(80)71-68-65-62-59-56-54-52-50-48-46-44-42-39-37-35-33-31-29-27-25-23-20-17-14-11-8-5-2/h8,11,17,20,25,27,31,33,37,39,74H,4-7,9-10,12-16,18-19,21-24,26,28-30,32,34-36,38,40-73H2,1-3H3/b11-8-,20-17-,27-25-,33-31-,39-37-. The van der Waals surface area contributed by atoms with Gasteiger partial charge in [0.15, 0.2) is 6.10 Å². The molecular formula is C77H140O6. The molecule has 0 bridgehead atoms. The Labute approximate surface area is 517 Å². The molecule has 0 aliphatic carbocycles. The van der Waals surface area contributed by atoms with E-state index in [1.54, 1.807) is 0 Å². The van der Waals surface area contributed by atoms with Gasteiger partial charge in [-0.3, -0.25) is 14.4 Å². The number of esters is 3. The van der Waals surface area contributed by atoms with E-state index in [-0.39, 0.29) is 31.1 Å². The lowest BCUT2D eigenvalue weighted by Gasteiger charge is -2.18. The molecule has 0 aliphatic rings. The molecule has 6 nitrogen and oxygen atoms in total. The summed E-state index contributed by atoms with van der Waals surface area (Å²) in [5.74, 6) is -0.848. The summed E-state index contributed by atoms with van der Waals surface area (Å²) < 4.78 is 17.0. The summed E-state index contributed by atoms with van der Waals surface area (Å²) in [6.45, 7) is 6.58. The fraction of sp³-hybridized carbons (Fsp3) is 0.831. The maximum Gasteiger partial charge on any atom is 0.306 e. The topological polar surface area (TPSA) is 78.9 Å². The van der Waals surface area contributed by atoms with Crippen LogP contribution in [0.5, 0.6) is 0 Å². The second-order valence-corrected chi connectivity index (χ2v) is 24.8. The van der Waals surface area contributed by atoms with E-state index in [9.17, 15) is 14.4 Å². The number of carbonyl (C=O) groups is 3. The van der Waals surface area contributed by atoms with E-state index >= 15 is 0 Å². The molecule has 484 valence electrons. The Kier molecular flexibility index (Phi) is 69.1. The summed E-state index contributed by atoms with van der Waals surface area (Å²) >= 11 is 0. The fourth-order valence-electron chi connectivity index (χ4n) is 11.1. The van der Waals surface area contributed by atoms with Crippen molar-refractivity contribution in [3.05, 3.63) is 60.8 Å². The zero-order valence-corrected chi connectivity index (χ0v) is 55.7. The first-order chi connectivity index (χ1) is 41.0. The maximum atomic E-state index is 12.9. The highest BCUT2D eigenvalue weighted by Crippen LogP contribution is 2.19. The molecule has 0 aliphatic heterocycles. The molecule has 0 fully saturated rings. The van der Waals surface area contributed by atoms with Crippen LogP contribution in [0.4, 0.5) is 0 Å². The fourth-order valence-corrected chi connectivity index (χ4v) is 11.1. The van der Waals surface area contributed by atoms with Crippen LogP contribution in [-0.2, 0) is 28.6 Å². The molecule has 1 atom stereocenters. The maximum absolute atomic E-state index is 12.9. The Hall–Kier alpha value is -2.89. The smallest absolute Gasteiger partial charge is 0.306 e. The van der Waals surface area contributed by atoms with Crippen molar-refractivity contribution >= 4 is 17.9 Å². The molecule has 0 saturated heterocycles. The highest BCUT2D eigenvalue weighted by molar-refractivity contribution is 5.71. The highest BCUT2D eigenvalue weighted by atomic mass is 16.6. The SMILES string of the molecule is CC/C=C\C/C=C\C/C=C\C/C=C\C/C=C\CCCCCCCCCCCCCC(=O)OC(COC(=O)CCCCCCCCCCCC)COC(=O)CCCCCCCCCCCCCCCCCCCCCCCCCCCCCC. The van der Waals surface area contributed by atoms with E-state index in [0.717, 1.165) is 89.9 Å². The van der Waals surface area contributed by atoms with E-state index in [2.05, 4.69) is 81.5 Å². The van der Waals surface area contributed by atoms with E-state index in [1.807, 2.05) is 0 Å². The van der Waals surface area contributed by atoms with E-state index in [4.69, 9.17) is 14.2 Å². The second kappa shape index (κ2) is 71.6. The van der Waals surface area contributed by atoms with Crippen LogP contribution < -0.4 is 0 Å². The molecule has 0 aromatic carbocycles. The lowest BCUT2D eigenvalue weighted by Crippen LogP contribution is -2.30. The van der Waals surface area contributed by atoms with Crippen molar-refractivity contribution in [2.24, 2.45) is 0 Å². The van der Waals surface area contributed by atoms with Gasteiger partial charge in [0.2, 0.25) is 0 Å². The van der Waals surface area contributed by atoms with Crippen molar-refractivity contribution in [2.75, 3.05) is 13.2 Å². The highest BCUT2D eigenvalue weighted by Gasteiger charge is 2.19. The first-order valence-corrected chi connectivity index (χ1v) is 36.8. The van der Waals surface area contributed by atoms with Crippen molar-refractivity contribution in [3.8, 4) is 0 Å². The monoisotopic (exact) mass is 1160 g/mol. The molecule has 0 saturated carbocycles. The Morgan fingerprint density at radius 3 is 0.735 bits per heavy atom. The second-order valence-electron chi connectivity index (χ2n) is 24.8. The first kappa shape index (κ1) is 80.1. The normalized spacial score (nSPS) is 12.4. The predicted molar refractivity (Wildman–Crippen MR) is 362 cm³/mol. The lowest BCUT2D eigenvalue weighted by molar-refractivity contribution is -0.167. The summed E-state index contributed by atoms with van der Waals surface area (Å²) in [5, 5.41) is 0. The van der Waals surface area contributed by atoms with E-state index in [0.29, 0.717) is 19.3 Å². The molecule has 1 unspecified atom stereocenters. The van der Waals surface area contributed by atoms with Gasteiger partial charge in [-0.25, -0.2) is 0 Å². The lowest BCUT2D eigenvalue weighted by atomic mass is 10.0.